The predicted octanol–water partition coefficient (Wildman–Crippen LogP) is 4.15. The maximum Gasteiger partial charge on any atom is 0.257 e. The molecular formula is C23H28ClN3O3. The molecule has 0 saturated carbocycles. The molecule has 2 amide bonds. The highest BCUT2D eigenvalue weighted by atomic mass is 35.5. The molecule has 0 bridgehead atoms. The summed E-state index contributed by atoms with van der Waals surface area (Å²) in [5.41, 5.74) is 0.931. The number of rotatable bonds is 2. The number of hydrogen-bond donors (Lipinski definition) is 0. The van der Waals surface area contributed by atoms with Crippen molar-refractivity contribution in [3.63, 3.8) is 0 Å². The molecule has 0 N–H and O–H groups in total. The first-order chi connectivity index (χ1) is 14.4. The number of ether oxygens (including phenoxy) is 1. The third-order valence-electron chi connectivity index (χ3n) is 5.44. The molecule has 30 heavy (non-hydrogen) atoms. The molecule has 0 saturated heterocycles. The summed E-state index contributed by atoms with van der Waals surface area (Å²) >= 11 is 6.21. The van der Waals surface area contributed by atoms with Crippen LogP contribution in [-0.4, -0.2) is 59.4 Å². The average molecular weight is 430 g/mol. The Hall–Kier alpha value is -2.60. The first-order valence-electron chi connectivity index (χ1n) is 10.3. The van der Waals surface area contributed by atoms with Gasteiger partial charge in [-0.05, 0) is 43.0 Å². The molecule has 0 aliphatic carbocycles. The zero-order valence-electron chi connectivity index (χ0n) is 17.7. The summed E-state index contributed by atoms with van der Waals surface area (Å²) in [6.07, 6.45) is 3.13. The second-order valence-corrected chi connectivity index (χ2v) is 8.25. The van der Waals surface area contributed by atoms with Crippen LogP contribution in [0.25, 0.3) is 0 Å². The molecule has 1 atom stereocenters. The number of carbonyl (C=O) groups excluding carboxylic acids is 2. The van der Waals surface area contributed by atoms with Gasteiger partial charge in [-0.2, -0.15) is 0 Å². The minimum Gasteiger partial charge on any atom is -0.491 e. The molecule has 2 heterocycles. The molecule has 160 valence electrons. The largest absolute Gasteiger partial charge is 0.491 e. The Labute approximate surface area is 182 Å². The summed E-state index contributed by atoms with van der Waals surface area (Å²) in [4.78, 5) is 33.8. The van der Waals surface area contributed by atoms with Crippen LogP contribution >= 0.6 is 11.6 Å². The smallest absolute Gasteiger partial charge is 0.257 e. The van der Waals surface area contributed by atoms with E-state index in [0.717, 1.165) is 12.8 Å². The first kappa shape index (κ1) is 22.1. The van der Waals surface area contributed by atoms with E-state index in [1.807, 2.05) is 17.0 Å². The molecule has 1 aliphatic rings. The van der Waals surface area contributed by atoms with E-state index in [9.17, 15) is 9.59 Å². The lowest BCUT2D eigenvalue weighted by Crippen LogP contribution is -2.47. The number of pyridine rings is 1. The van der Waals surface area contributed by atoms with Gasteiger partial charge in [-0.25, -0.2) is 4.98 Å². The van der Waals surface area contributed by atoms with Crippen LogP contribution in [0.2, 0.25) is 5.15 Å². The van der Waals surface area contributed by atoms with Crippen LogP contribution < -0.4 is 4.74 Å². The molecule has 6 nitrogen and oxygen atoms in total. The number of fused-ring (bicyclic) bond motifs is 1. The monoisotopic (exact) mass is 429 g/mol. The highest BCUT2D eigenvalue weighted by molar-refractivity contribution is 6.32. The fourth-order valence-corrected chi connectivity index (χ4v) is 3.84. The molecule has 0 unspecified atom stereocenters. The van der Waals surface area contributed by atoms with E-state index in [4.69, 9.17) is 16.3 Å². The lowest BCUT2D eigenvalue weighted by atomic mass is 10.0. The van der Waals surface area contributed by atoms with Gasteiger partial charge in [0.15, 0.2) is 0 Å². The summed E-state index contributed by atoms with van der Waals surface area (Å²) in [6.45, 7) is 5.58. The Kier molecular flexibility index (Phi) is 7.32. The van der Waals surface area contributed by atoms with Crippen molar-refractivity contribution >= 4 is 23.4 Å². The number of para-hydroxylation sites is 1. The predicted molar refractivity (Wildman–Crippen MR) is 117 cm³/mol. The standard InChI is InChI=1S/C23H28ClN3O3/c1-16(2)19-15-30-20-11-5-4-9-17(20)22(28)26(3)13-6-7-14-27(19)23(29)18-10-8-12-25-21(18)24/h4-5,8-12,16,19H,6-7,13-15H2,1-3H3/t19-/m1/s1. The maximum atomic E-state index is 13.4. The molecule has 1 aliphatic heterocycles. The van der Waals surface area contributed by atoms with Gasteiger partial charge in [0.05, 0.1) is 17.2 Å². The third kappa shape index (κ3) is 4.93. The van der Waals surface area contributed by atoms with Gasteiger partial charge in [0.1, 0.15) is 17.5 Å². The van der Waals surface area contributed by atoms with Gasteiger partial charge in [-0.3, -0.25) is 9.59 Å². The Morgan fingerprint density at radius 2 is 1.90 bits per heavy atom. The van der Waals surface area contributed by atoms with Crippen molar-refractivity contribution in [1.29, 1.82) is 0 Å². The van der Waals surface area contributed by atoms with Gasteiger partial charge in [0, 0.05) is 26.3 Å². The number of halogens is 1. The Bertz CT molecular complexity index is 903. The van der Waals surface area contributed by atoms with Crippen LogP contribution in [0.4, 0.5) is 0 Å². The van der Waals surface area contributed by atoms with Crippen molar-refractivity contribution in [2.45, 2.75) is 32.7 Å². The highest BCUT2D eigenvalue weighted by Gasteiger charge is 2.30. The third-order valence-corrected chi connectivity index (χ3v) is 5.74. The maximum absolute atomic E-state index is 13.4. The molecular weight excluding hydrogens is 402 g/mol. The molecule has 1 aromatic heterocycles. The van der Waals surface area contributed by atoms with E-state index in [-0.39, 0.29) is 35.5 Å². The van der Waals surface area contributed by atoms with Crippen LogP contribution in [0, 0.1) is 5.92 Å². The van der Waals surface area contributed by atoms with Crippen LogP contribution in [0.5, 0.6) is 5.75 Å². The molecule has 0 spiro atoms. The van der Waals surface area contributed by atoms with Crippen molar-refractivity contribution in [1.82, 2.24) is 14.8 Å². The number of benzene rings is 1. The molecule has 1 aromatic carbocycles. The van der Waals surface area contributed by atoms with Crippen molar-refractivity contribution in [3.8, 4) is 5.75 Å². The summed E-state index contributed by atoms with van der Waals surface area (Å²) in [5, 5.41) is 0.202. The highest BCUT2D eigenvalue weighted by Crippen LogP contribution is 2.24. The van der Waals surface area contributed by atoms with Crippen LogP contribution in [0.15, 0.2) is 42.6 Å². The van der Waals surface area contributed by atoms with Gasteiger partial charge in [0.25, 0.3) is 11.8 Å². The summed E-state index contributed by atoms with van der Waals surface area (Å²) in [6, 6.07) is 10.5. The number of aromatic nitrogens is 1. The van der Waals surface area contributed by atoms with E-state index in [1.165, 1.54) is 0 Å². The van der Waals surface area contributed by atoms with Crippen LogP contribution in [0.3, 0.4) is 0 Å². The van der Waals surface area contributed by atoms with Gasteiger partial charge in [-0.15, -0.1) is 0 Å². The molecule has 0 radical (unpaired) electrons. The summed E-state index contributed by atoms with van der Waals surface area (Å²) in [7, 11) is 1.79. The van der Waals surface area contributed by atoms with E-state index >= 15 is 0 Å². The van der Waals surface area contributed by atoms with Crippen LogP contribution in [0.1, 0.15) is 47.4 Å². The second-order valence-electron chi connectivity index (χ2n) is 7.89. The van der Waals surface area contributed by atoms with Gasteiger partial charge < -0.3 is 14.5 Å². The van der Waals surface area contributed by atoms with Crippen molar-refractivity contribution in [2.24, 2.45) is 5.92 Å². The molecule has 7 heteroatoms. The Morgan fingerprint density at radius 1 is 1.17 bits per heavy atom. The zero-order chi connectivity index (χ0) is 21.7. The fourth-order valence-electron chi connectivity index (χ4n) is 3.64. The molecule has 3 rings (SSSR count). The number of amides is 2. The quantitative estimate of drug-likeness (QED) is 0.673. The topological polar surface area (TPSA) is 62.7 Å². The van der Waals surface area contributed by atoms with E-state index in [1.54, 1.807) is 42.4 Å². The zero-order valence-corrected chi connectivity index (χ0v) is 18.4. The van der Waals surface area contributed by atoms with Crippen molar-refractivity contribution in [2.75, 3.05) is 26.7 Å². The molecule has 2 aromatic rings. The summed E-state index contributed by atoms with van der Waals surface area (Å²) in [5.74, 6) is 0.484. The van der Waals surface area contributed by atoms with E-state index in [0.29, 0.717) is 30.0 Å². The first-order valence-corrected chi connectivity index (χ1v) is 10.7. The SMILES string of the molecule is CC(C)[C@H]1COc2ccccc2C(=O)N(C)CCCCN1C(=O)c1cccnc1Cl. The Morgan fingerprint density at radius 3 is 2.63 bits per heavy atom. The van der Waals surface area contributed by atoms with Gasteiger partial charge in [0.2, 0.25) is 0 Å². The Balaban J connectivity index is 1.95. The molecule has 0 fully saturated rings. The van der Waals surface area contributed by atoms with E-state index < -0.39 is 0 Å². The fraction of sp³-hybridized carbons (Fsp3) is 0.435. The van der Waals surface area contributed by atoms with Gasteiger partial charge in [-0.1, -0.05) is 37.6 Å². The van der Waals surface area contributed by atoms with Crippen molar-refractivity contribution < 1.29 is 14.3 Å². The average Bonchev–Trinajstić information content (AvgIpc) is 2.73. The van der Waals surface area contributed by atoms with Crippen molar-refractivity contribution in [3.05, 3.63) is 58.9 Å². The number of hydrogen-bond acceptors (Lipinski definition) is 4. The number of carbonyl (C=O) groups is 2. The minimum absolute atomic E-state index is 0.0534. The minimum atomic E-state index is -0.172. The summed E-state index contributed by atoms with van der Waals surface area (Å²) < 4.78 is 6.11. The number of nitrogens with zero attached hydrogens (tertiary/aromatic N) is 3. The normalized spacial score (nSPS) is 18.3. The van der Waals surface area contributed by atoms with Gasteiger partial charge >= 0.3 is 0 Å². The lowest BCUT2D eigenvalue weighted by molar-refractivity contribution is 0.0515. The van der Waals surface area contributed by atoms with Crippen LogP contribution in [-0.2, 0) is 0 Å². The van der Waals surface area contributed by atoms with E-state index in [2.05, 4.69) is 18.8 Å². The second kappa shape index (κ2) is 9.94. The lowest BCUT2D eigenvalue weighted by Gasteiger charge is -2.35.